The van der Waals surface area contributed by atoms with Gasteiger partial charge in [-0.15, -0.1) is 0 Å². The van der Waals surface area contributed by atoms with Gasteiger partial charge in [0.15, 0.2) is 0 Å². The topological polar surface area (TPSA) is 84.2 Å². The molecule has 0 saturated carbocycles. The van der Waals surface area contributed by atoms with Gasteiger partial charge in [0.1, 0.15) is 0 Å². The normalized spacial score (nSPS) is 11.8. The summed E-state index contributed by atoms with van der Waals surface area (Å²) in [6.45, 7) is 4.63. The largest absolute Gasteiger partial charge is 0.355 e. The van der Waals surface area contributed by atoms with E-state index in [0.717, 1.165) is 24.1 Å². The van der Waals surface area contributed by atoms with Crippen LogP contribution in [0, 0.1) is 12.8 Å². The van der Waals surface area contributed by atoms with Crippen molar-refractivity contribution in [3.05, 3.63) is 29.3 Å². The van der Waals surface area contributed by atoms with E-state index >= 15 is 0 Å². The van der Waals surface area contributed by atoms with Crippen LogP contribution in [-0.4, -0.2) is 25.4 Å². The van der Waals surface area contributed by atoms with Crippen LogP contribution in [0.2, 0.25) is 0 Å². The molecule has 0 spiro atoms. The lowest BCUT2D eigenvalue weighted by Crippen LogP contribution is -2.18. The second-order valence-electron chi connectivity index (χ2n) is 5.38. The van der Waals surface area contributed by atoms with Gasteiger partial charge in [0.25, 0.3) is 5.91 Å². The third kappa shape index (κ3) is 5.55. The van der Waals surface area contributed by atoms with Crippen LogP contribution < -0.4 is 16.4 Å². The Morgan fingerprint density at radius 2 is 2.00 bits per heavy atom. The molecule has 5 heteroatoms. The number of carbonyl (C=O) groups excluding carboxylic acids is 2. The second kappa shape index (κ2) is 8.42. The third-order valence-corrected chi connectivity index (χ3v) is 3.51. The smallest absolute Gasteiger partial charge is 0.251 e. The lowest BCUT2D eigenvalue weighted by atomic mass is 10.0. The summed E-state index contributed by atoms with van der Waals surface area (Å²) in [6, 6.07) is 5.24. The highest BCUT2D eigenvalue weighted by atomic mass is 16.2. The molecule has 0 aromatic heterocycles. The van der Waals surface area contributed by atoms with Gasteiger partial charge < -0.3 is 16.4 Å². The number of nitrogens with two attached hydrogens (primary N) is 1. The molecule has 0 aliphatic heterocycles. The average molecular weight is 291 g/mol. The summed E-state index contributed by atoms with van der Waals surface area (Å²) >= 11 is 0. The Bertz CT molecular complexity index is 500. The van der Waals surface area contributed by atoms with Gasteiger partial charge in [0, 0.05) is 24.7 Å². The van der Waals surface area contributed by atoms with E-state index in [2.05, 4.69) is 17.6 Å². The summed E-state index contributed by atoms with van der Waals surface area (Å²) in [6.07, 6.45) is 2.25. The number of hydrogen-bond donors (Lipinski definition) is 3. The molecule has 0 saturated heterocycles. The summed E-state index contributed by atoms with van der Waals surface area (Å²) in [5.74, 6) is 0.318. The van der Waals surface area contributed by atoms with Gasteiger partial charge in [0.2, 0.25) is 5.91 Å². The molecule has 0 aliphatic carbocycles. The number of aryl methyl sites for hydroxylation is 1. The van der Waals surface area contributed by atoms with Gasteiger partial charge in [-0.2, -0.15) is 0 Å². The van der Waals surface area contributed by atoms with Crippen molar-refractivity contribution < 1.29 is 9.59 Å². The van der Waals surface area contributed by atoms with Crippen molar-refractivity contribution in [2.45, 2.75) is 33.1 Å². The molecule has 0 heterocycles. The molecule has 1 rings (SSSR count). The second-order valence-corrected chi connectivity index (χ2v) is 5.38. The van der Waals surface area contributed by atoms with Crippen LogP contribution in [0.1, 0.15) is 42.1 Å². The predicted octanol–water partition coefficient (Wildman–Crippen LogP) is 2.06. The fraction of sp³-hybridized carbons (Fsp3) is 0.500. The lowest BCUT2D eigenvalue weighted by molar-refractivity contribution is -0.116. The average Bonchev–Trinajstić information content (AvgIpc) is 2.46. The standard InChI is InChI=1S/C16H25N3O2/c1-11(8-9-17)4-7-15(20)19-14-6-5-13(10-12(14)2)16(21)18-3/h5-6,10-11H,4,7-9,17H2,1-3H3,(H,18,21)(H,19,20). The highest BCUT2D eigenvalue weighted by Gasteiger charge is 2.10. The van der Waals surface area contributed by atoms with Crippen LogP contribution in [-0.2, 0) is 4.79 Å². The van der Waals surface area contributed by atoms with Gasteiger partial charge in [-0.1, -0.05) is 6.92 Å². The Kier molecular flexibility index (Phi) is 6.88. The molecule has 21 heavy (non-hydrogen) atoms. The molecule has 2 amide bonds. The van der Waals surface area contributed by atoms with E-state index in [1.165, 1.54) is 0 Å². The Hall–Kier alpha value is -1.88. The molecule has 0 fully saturated rings. The molecule has 1 unspecified atom stereocenters. The molecule has 0 aliphatic rings. The number of benzene rings is 1. The number of carbonyl (C=O) groups is 2. The molecular formula is C16H25N3O2. The maximum Gasteiger partial charge on any atom is 0.251 e. The zero-order valence-electron chi connectivity index (χ0n) is 13.0. The Balaban J connectivity index is 2.58. The molecule has 0 radical (unpaired) electrons. The van der Waals surface area contributed by atoms with E-state index in [0.29, 0.717) is 24.4 Å². The SMILES string of the molecule is CNC(=O)c1ccc(NC(=O)CCC(C)CCN)c(C)c1. The van der Waals surface area contributed by atoms with Crippen molar-refractivity contribution in [2.75, 3.05) is 18.9 Å². The lowest BCUT2D eigenvalue weighted by Gasteiger charge is -2.12. The first-order chi connectivity index (χ1) is 9.97. The highest BCUT2D eigenvalue weighted by molar-refractivity contribution is 5.96. The van der Waals surface area contributed by atoms with E-state index in [9.17, 15) is 9.59 Å². The molecule has 1 atom stereocenters. The molecule has 116 valence electrons. The summed E-state index contributed by atoms with van der Waals surface area (Å²) in [7, 11) is 1.59. The van der Waals surface area contributed by atoms with Crippen LogP contribution in [0.5, 0.6) is 0 Å². The quantitative estimate of drug-likeness (QED) is 0.719. The summed E-state index contributed by atoms with van der Waals surface area (Å²) in [4.78, 5) is 23.5. The first-order valence-corrected chi connectivity index (χ1v) is 7.30. The highest BCUT2D eigenvalue weighted by Crippen LogP contribution is 2.18. The Morgan fingerprint density at radius 1 is 1.29 bits per heavy atom. The van der Waals surface area contributed by atoms with E-state index in [1.54, 1.807) is 25.2 Å². The van der Waals surface area contributed by atoms with Crippen LogP contribution >= 0.6 is 0 Å². The first kappa shape index (κ1) is 17.2. The van der Waals surface area contributed by atoms with Crippen molar-refractivity contribution >= 4 is 17.5 Å². The number of anilines is 1. The van der Waals surface area contributed by atoms with E-state index in [1.807, 2.05) is 6.92 Å². The predicted molar refractivity (Wildman–Crippen MR) is 85.3 cm³/mol. The molecule has 1 aromatic rings. The molecular weight excluding hydrogens is 266 g/mol. The van der Waals surface area contributed by atoms with Gasteiger partial charge in [-0.05, 0) is 56.0 Å². The summed E-state index contributed by atoms with van der Waals surface area (Å²) in [5, 5.41) is 5.47. The number of hydrogen-bond acceptors (Lipinski definition) is 3. The van der Waals surface area contributed by atoms with E-state index in [4.69, 9.17) is 5.73 Å². The maximum atomic E-state index is 11.9. The fourth-order valence-corrected chi connectivity index (χ4v) is 2.11. The fourth-order valence-electron chi connectivity index (χ4n) is 2.11. The minimum Gasteiger partial charge on any atom is -0.355 e. The van der Waals surface area contributed by atoms with Crippen molar-refractivity contribution in [3.8, 4) is 0 Å². The van der Waals surface area contributed by atoms with Crippen LogP contribution in [0.15, 0.2) is 18.2 Å². The molecule has 4 N–H and O–H groups in total. The monoisotopic (exact) mass is 291 g/mol. The van der Waals surface area contributed by atoms with Crippen LogP contribution in [0.25, 0.3) is 0 Å². The summed E-state index contributed by atoms with van der Waals surface area (Å²) in [5.41, 5.74) is 7.71. The zero-order chi connectivity index (χ0) is 15.8. The van der Waals surface area contributed by atoms with E-state index in [-0.39, 0.29) is 11.8 Å². The Morgan fingerprint density at radius 3 is 2.57 bits per heavy atom. The van der Waals surface area contributed by atoms with Gasteiger partial charge in [-0.25, -0.2) is 0 Å². The maximum absolute atomic E-state index is 11.9. The first-order valence-electron chi connectivity index (χ1n) is 7.30. The third-order valence-electron chi connectivity index (χ3n) is 3.51. The molecule has 0 bridgehead atoms. The summed E-state index contributed by atoms with van der Waals surface area (Å²) < 4.78 is 0. The minimum atomic E-state index is -0.133. The molecule has 5 nitrogen and oxygen atoms in total. The minimum absolute atomic E-state index is 0.00494. The Labute approximate surface area is 126 Å². The number of nitrogens with one attached hydrogen (secondary N) is 2. The van der Waals surface area contributed by atoms with Gasteiger partial charge in [0.05, 0.1) is 0 Å². The van der Waals surface area contributed by atoms with Crippen molar-refractivity contribution in [1.29, 1.82) is 0 Å². The van der Waals surface area contributed by atoms with Crippen LogP contribution in [0.3, 0.4) is 0 Å². The van der Waals surface area contributed by atoms with E-state index < -0.39 is 0 Å². The van der Waals surface area contributed by atoms with Gasteiger partial charge >= 0.3 is 0 Å². The number of rotatable bonds is 7. The zero-order valence-corrected chi connectivity index (χ0v) is 13.0. The van der Waals surface area contributed by atoms with Crippen molar-refractivity contribution in [2.24, 2.45) is 11.7 Å². The molecule has 1 aromatic carbocycles. The number of amides is 2. The van der Waals surface area contributed by atoms with Crippen molar-refractivity contribution in [3.63, 3.8) is 0 Å². The van der Waals surface area contributed by atoms with Gasteiger partial charge in [-0.3, -0.25) is 9.59 Å². The van der Waals surface area contributed by atoms with Crippen LogP contribution in [0.4, 0.5) is 5.69 Å². The van der Waals surface area contributed by atoms with Crippen molar-refractivity contribution in [1.82, 2.24) is 5.32 Å².